The average molecular weight is 288 g/mol. The summed E-state index contributed by atoms with van der Waals surface area (Å²) in [6, 6.07) is 6.88. The maximum Gasteiger partial charge on any atom is 0.240 e. The quantitative estimate of drug-likeness (QED) is 0.860. The van der Waals surface area contributed by atoms with Crippen LogP contribution in [0, 0.1) is 5.82 Å². The molecule has 21 heavy (non-hydrogen) atoms. The topological polar surface area (TPSA) is 34.0 Å². The zero-order valence-electron chi connectivity index (χ0n) is 12.1. The number of hydrogen-bond donors (Lipinski definition) is 1. The minimum atomic E-state index is -0.272. The summed E-state index contributed by atoms with van der Waals surface area (Å²) in [7, 11) is 0. The Bertz CT molecular complexity index is 627. The minimum Gasteiger partial charge on any atom is -0.352 e. The first-order chi connectivity index (χ1) is 10.2. The van der Waals surface area contributed by atoms with Crippen molar-refractivity contribution in [1.29, 1.82) is 0 Å². The van der Waals surface area contributed by atoms with Crippen LogP contribution in [0.4, 0.5) is 4.39 Å². The summed E-state index contributed by atoms with van der Waals surface area (Å²) in [5, 5.41) is 4.08. The highest BCUT2D eigenvalue weighted by Gasteiger charge is 2.15. The van der Waals surface area contributed by atoms with E-state index in [1.54, 1.807) is 6.07 Å². The average Bonchev–Trinajstić information content (AvgIpc) is 2.68. The molecule has 0 atom stereocenters. The molecule has 1 heterocycles. The molecule has 0 unspecified atom stereocenters. The van der Waals surface area contributed by atoms with Gasteiger partial charge in [-0.2, -0.15) is 0 Å². The number of fused-ring (bicyclic) bond motifs is 1. The molecule has 1 fully saturated rings. The lowest BCUT2D eigenvalue weighted by molar-refractivity contribution is -0.122. The molecule has 0 spiro atoms. The molecule has 0 saturated heterocycles. The van der Waals surface area contributed by atoms with Crippen molar-refractivity contribution in [2.45, 2.75) is 51.1 Å². The zero-order chi connectivity index (χ0) is 14.7. The molecule has 1 aromatic heterocycles. The van der Waals surface area contributed by atoms with Crippen molar-refractivity contribution in [3.63, 3.8) is 0 Å². The third-order valence-corrected chi connectivity index (χ3v) is 4.27. The van der Waals surface area contributed by atoms with E-state index in [4.69, 9.17) is 0 Å². The highest BCUT2D eigenvalue weighted by molar-refractivity contribution is 5.83. The number of nitrogens with one attached hydrogen (secondary N) is 1. The summed E-state index contributed by atoms with van der Waals surface area (Å²) in [6.07, 6.45) is 8.93. The molecule has 0 bridgehead atoms. The van der Waals surface area contributed by atoms with Gasteiger partial charge >= 0.3 is 0 Å². The molecule has 3 nitrogen and oxygen atoms in total. The zero-order valence-corrected chi connectivity index (χ0v) is 12.1. The van der Waals surface area contributed by atoms with Crippen molar-refractivity contribution in [3.8, 4) is 0 Å². The first-order valence-electron chi connectivity index (χ1n) is 7.76. The number of amides is 1. The fourth-order valence-electron chi connectivity index (χ4n) is 3.15. The predicted octanol–water partition coefficient (Wildman–Crippen LogP) is 3.62. The molecule has 2 aromatic rings. The van der Waals surface area contributed by atoms with E-state index in [1.807, 2.05) is 16.8 Å². The predicted molar refractivity (Wildman–Crippen MR) is 81.5 cm³/mol. The van der Waals surface area contributed by atoms with Gasteiger partial charge in [0.1, 0.15) is 12.4 Å². The first-order valence-corrected chi connectivity index (χ1v) is 7.76. The van der Waals surface area contributed by atoms with Crippen LogP contribution in [-0.2, 0) is 11.3 Å². The summed E-state index contributed by atoms with van der Waals surface area (Å²) in [5.41, 5.74) is 0.769. The van der Waals surface area contributed by atoms with E-state index in [0.717, 1.165) is 23.7 Å². The molecule has 1 aliphatic rings. The summed E-state index contributed by atoms with van der Waals surface area (Å²) >= 11 is 0. The second-order valence-corrected chi connectivity index (χ2v) is 5.90. The van der Waals surface area contributed by atoms with Crippen LogP contribution in [0.3, 0.4) is 0 Å². The van der Waals surface area contributed by atoms with Crippen molar-refractivity contribution in [1.82, 2.24) is 9.88 Å². The van der Waals surface area contributed by atoms with Crippen molar-refractivity contribution < 1.29 is 9.18 Å². The molecule has 4 heteroatoms. The van der Waals surface area contributed by atoms with E-state index < -0.39 is 0 Å². The maximum absolute atomic E-state index is 13.3. The van der Waals surface area contributed by atoms with Crippen molar-refractivity contribution in [2.75, 3.05) is 0 Å². The Kier molecular flexibility index (Phi) is 4.23. The number of aromatic nitrogens is 1. The SMILES string of the molecule is O=C(Cn1ccc2ccc(F)cc21)NC1CCCCCC1. The largest absolute Gasteiger partial charge is 0.352 e. The lowest BCUT2D eigenvalue weighted by atomic mass is 10.1. The summed E-state index contributed by atoms with van der Waals surface area (Å²) in [6.45, 7) is 0.253. The Balaban J connectivity index is 1.67. The molecule has 1 N–H and O–H groups in total. The minimum absolute atomic E-state index is 0.0173. The molecule has 1 aliphatic carbocycles. The van der Waals surface area contributed by atoms with Crippen molar-refractivity contribution >= 4 is 16.8 Å². The van der Waals surface area contributed by atoms with Gasteiger partial charge in [-0.1, -0.05) is 25.7 Å². The van der Waals surface area contributed by atoms with Gasteiger partial charge in [0.25, 0.3) is 0 Å². The van der Waals surface area contributed by atoms with E-state index in [1.165, 1.54) is 37.8 Å². The van der Waals surface area contributed by atoms with Crippen LogP contribution < -0.4 is 5.32 Å². The standard InChI is InChI=1S/C17H21FN2O/c18-14-8-7-13-9-10-20(16(13)11-14)12-17(21)19-15-5-3-1-2-4-6-15/h7-11,15H,1-6,12H2,(H,19,21). The van der Waals surface area contributed by atoms with Crippen molar-refractivity contribution in [2.24, 2.45) is 0 Å². The summed E-state index contributed by atoms with van der Waals surface area (Å²) < 4.78 is 15.1. The number of benzene rings is 1. The van der Waals surface area contributed by atoms with E-state index >= 15 is 0 Å². The summed E-state index contributed by atoms with van der Waals surface area (Å²) in [4.78, 5) is 12.2. The second kappa shape index (κ2) is 6.29. The van der Waals surface area contributed by atoms with Crippen molar-refractivity contribution in [3.05, 3.63) is 36.3 Å². The molecular weight excluding hydrogens is 267 g/mol. The molecule has 3 rings (SSSR count). The van der Waals surface area contributed by atoms with Crippen LogP contribution in [0.1, 0.15) is 38.5 Å². The van der Waals surface area contributed by atoms with Gasteiger partial charge < -0.3 is 9.88 Å². The Morgan fingerprint density at radius 2 is 1.95 bits per heavy atom. The van der Waals surface area contributed by atoms with E-state index in [2.05, 4.69) is 5.32 Å². The van der Waals surface area contributed by atoms with E-state index in [9.17, 15) is 9.18 Å². The normalized spacial score (nSPS) is 16.8. The van der Waals surface area contributed by atoms with Crippen LogP contribution in [0.5, 0.6) is 0 Å². The van der Waals surface area contributed by atoms with Gasteiger partial charge in [0.2, 0.25) is 5.91 Å². The van der Waals surface area contributed by atoms with Gasteiger partial charge in [0.15, 0.2) is 0 Å². The molecular formula is C17H21FN2O. The van der Waals surface area contributed by atoms with Crippen LogP contribution >= 0.6 is 0 Å². The molecule has 112 valence electrons. The Morgan fingerprint density at radius 1 is 1.19 bits per heavy atom. The number of rotatable bonds is 3. The Hall–Kier alpha value is -1.84. The smallest absolute Gasteiger partial charge is 0.240 e. The van der Waals surface area contributed by atoms with Gasteiger partial charge in [-0.05, 0) is 42.5 Å². The molecule has 0 radical (unpaired) electrons. The van der Waals surface area contributed by atoms with E-state index in [0.29, 0.717) is 6.04 Å². The number of halogens is 1. The number of hydrogen-bond acceptors (Lipinski definition) is 1. The van der Waals surface area contributed by atoms with Gasteiger partial charge in [-0.3, -0.25) is 4.79 Å². The fraction of sp³-hybridized carbons (Fsp3) is 0.471. The molecule has 0 aliphatic heterocycles. The van der Waals surface area contributed by atoms with Gasteiger partial charge in [-0.15, -0.1) is 0 Å². The maximum atomic E-state index is 13.3. The first kappa shape index (κ1) is 14.1. The van der Waals surface area contributed by atoms with E-state index in [-0.39, 0.29) is 18.3 Å². The summed E-state index contributed by atoms with van der Waals surface area (Å²) in [5.74, 6) is -0.254. The molecule has 1 amide bonds. The molecule has 1 saturated carbocycles. The number of carbonyl (C=O) groups is 1. The third kappa shape index (κ3) is 3.43. The van der Waals surface area contributed by atoms with Gasteiger partial charge in [0, 0.05) is 12.2 Å². The second-order valence-electron chi connectivity index (χ2n) is 5.90. The van der Waals surface area contributed by atoms with Crippen LogP contribution in [-0.4, -0.2) is 16.5 Å². The molecule has 1 aromatic carbocycles. The fourth-order valence-corrected chi connectivity index (χ4v) is 3.15. The monoisotopic (exact) mass is 288 g/mol. The highest BCUT2D eigenvalue weighted by atomic mass is 19.1. The Labute approximate surface area is 124 Å². The highest BCUT2D eigenvalue weighted by Crippen LogP contribution is 2.18. The third-order valence-electron chi connectivity index (χ3n) is 4.27. The number of carbonyl (C=O) groups excluding carboxylic acids is 1. The van der Waals surface area contributed by atoms with Crippen LogP contribution in [0.25, 0.3) is 10.9 Å². The Morgan fingerprint density at radius 3 is 2.71 bits per heavy atom. The lowest BCUT2D eigenvalue weighted by Crippen LogP contribution is -2.36. The van der Waals surface area contributed by atoms with Crippen LogP contribution in [0.15, 0.2) is 30.5 Å². The number of nitrogens with zero attached hydrogens (tertiary/aromatic N) is 1. The van der Waals surface area contributed by atoms with Gasteiger partial charge in [-0.25, -0.2) is 4.39 Å². The van der Waals surface area contributed by atoms with Gasteiger partial charge in [0.05, 0.1) is 5.52 Å². The lowest BCUT2D eigenvalue weighted by Gasteiger charge is -2.16. The van der Waals surface area contributed by atoms with Crippen LogP contribution in [0.2, 0.25) is 0 Å².